The molecule has 1 aliphatic heterocycles. The van der Waals surface area contributed by atoms with Crippen LogP contribution in [0.5, 0.6) is 0 Å². The fourth-order valence-corrected chi connectivity index (χ4v) is 4.24. The molecule has 2 aromatic carbocycles. The van der Waals surface area contributed by atoms with E-state index >= 15 is 0 Å². The van der Waals surface area contributed by atoms with Crippen LogP contribution < -0.4 is 4.90 Å². The van der Waals surface area contributed by atoms with Gasteiger partial charge in [0.1, 0.15) is 0 Å². The van der Waals surface area contributed by atoms with Crippen LogP contribution in [0.25, 0.3) is 0 Å². The Labute approximate surface area is 144 Å². The van der Waals surface area contributed by atoms with Crippen molar-refractivity contribution in [2.75, 3.05) is 11.4 Å². The highest BCUT2D eigenvalue weighted by Gasteiger charge is 2.26. The second-order valence-electron chi connectivity index (χ2n) is 7.16. The smallest absolute Gasteiger partial charge is 0.168 e. The first-order valence-electron chi connectivity index (χ1n) is 9.28. The molecule has 0 N–H and O–H groups in total. The number of benzene rings is 2. The van der Waals surface area contributed by atoms with Gasteiger partial charge < -0.3 is 4.90 Å². The third-order valence-electron chi connectivity index (χ3n) is 5.62. The van der Waals surface area contributed by atoms with Gasteiger partial charge in [0.15, 0.2) is 5.78 Å². The minimum Gasteiger partial charge on any atom is -0.366 e. The lowest BCUT2D eigenvalue weighted by Gasteiger charge is -2.32. The lowest BCUT2D eigenvalue weighted by Crippen LogP contribution is -2.32. The maximum atomic E-state index is 13.1. The Kier molecular flexibility index (Phi) is 4.38. The van der Waals surface area contributed by atoms with Gasteiger partial charge in [-0.2, -0.15) is 0 Å². The summed E-state index contributed by atoms with van der Waals surface area (Å²) < 4.78 is 0. The number of nitrogens with zero attached hydrogens (tertiary/aromatic N) is 1. The van der Waals surface area contributed by atoms with Crippen molar-refractivity contribution in [1.29, 1.82) is 0 Å². The third kappa shape index (κ3) is 2.98. The van der Waals surface area contributed by atoms with Gasteiger partial charge >= 0.3 is 0 Å². The van der Waals surface area contributed by atoms with Gasteiger partial charge in [0.2, 0.25) is 0 Å². The second-order valence-corrected chi connectivity index (χ2v) is 7.16. The molecule has 4 rings (SSSR count). The molecule has 1 saturated carbocycles. The minimum atomic E-state index is 0.233. The van der Waals surface area contributed by atoms with Crippen LogP contribution in [0.3, 0.4) is 0 Å². The number of anilines is 1. The summed E-state index contributed by atoms with van der Waals surface area (Å²) in [5.41, 5.74) is 4.90. The van der Waals surface area contributed by atoms with Gasteiger partial charge in [-0.3, -0.25) is 4.79 Å². The lowest BCUT2D eigenvalue weighted by molar-refractivity contribution is 0.0890. The van der Waals surface area contributed by atoms with Crippen molar-refractivity contribution < 1.29 is 4.79 Å². The highest BCUT2D eigenvalue weighted by atomic mass is 16.1. The van der Waals surface area contributed by atoms with Crippen molar-refractivity contribution >= 4 is 11.5 Å². The number of Topliss-reactive ketones (excluding diaryl/α,β-unsaturated/α-hetero) is 1. The van der Waals surface area contributed by atoms with E-state index in [1.54, 1.807) is 0 Å². The van der Waals surface area contributed by atoms with Crippen LogP contribution in [0.1, 0.15) is 53.6 Å². The van der Waals surface area contributed by atoms with Crippen LogP contribution in [-0.2, 0) is 13.0 Å². The summed E-state index contributed by atoms with van der Waals surface area (Å²) in [7, 11) is 0. The van der Waals surface area contributed by atoms with Crippen molar-refractivity contribution in [2.24, 2.45) is 5.92 Å². The van der Waals surface area contributed by atoms with Crippen LogP contribution in [0, 0.1) is 5.92 Å². The van der Waals surface area contributed by atoms with E-state index in [0.29, 0.717) is 5.78 Å². The summed E-state index contributed by atoms with van der Waals surface area (Å²) in [5.74, 6) is 0.598. The zero-order valence-electron chi connectivity index (χ0n) is 14.2. The largest absolute Gasteiger partial charge is 0.366 e. The van der Waals surface area contributed by atoms with Crippen LogP contribution in [0.15, 0.2) is 48.5 Å². The molecule has 2 nitrogen and oxygen atoms in total. The molecule has 2 aliphatic rings. The number of rotatable bonds is 3. The minimum absolute atomic E-state index is 0.233. The molecule has 1 fully saturated rings. The SMILES string of the molecule is O=C(c1ccccc1N1CCc2ccccc2C1)C1CCCCC1. The molecule has 2 aromatic rings. The van der Waals surface area contributed by atoms with Crippen molar-refractivity contribution in [3.05, 3.63) is 65.2 Å². The van der Waals surface area contributed by atoms with E-state index in [0.717, 1.165) is 43.6 Å². The van der Waals surface area contributed by atoms with Gasteiger partial charge in [-0.25, -0.2) is 0 Å². The summed E-state index contributed by atoms with van der Waals surface area (Å²) in [6.07, 6.45) is 6.88. The van der Waals surface area contributed by atoms with Crippen LogP contribution in [0.2, 0.25) is 0 Å². The Bertz CT molecular complexity index is 730. The van der Waals surface area contributed by atoms with Crippen LogP contribution in [-0.4, -0.2) is 12.3 Å². The third-order valence-corrected chi connectivity index (χ3v) is 5.62. The monoisotopic (exact) mass is 319 g/mol. The standard InChI is InChI=1S/C22H25NO/c24-22(18-9-2-1-3-10-18)20-12-6-7-13-21(20)23-15-14-17-8-4-5-11-19(17)16-23/h4-8,11-13,18H,1-3,9-10,14-16H2. The van der Waals surface area contributed by atoms with Gasteiger partial charge in [0.25, 0.3) is 0 Å². The summed E-state index contributed by atoms with van der Waals surface area (Å²) in [6, 6.07) is 16.9. The van der Waals surface area contributed by atoms with Crippen LogP contribution >= 0.6 is 0 Å². The number of carbonyl (C=O) groups is 1. The summed E-state index contributed by atoms with van der Waals surface area (Å²) >= 11 is 0. The first-order valence-corrected chi connectivity index (χ1v) is 9.28. The lowest BCUT2D eigenvalue weighted by atomic mass is 9.83. The summed E-state index contributed by atoms with van der Waals surface area (Å²) in [5, 5.41) is 0. The maximum Gasteiger partial charge on any atom is 0.168 e. The van der Waals surface area contributed by atoms with E-state index in [2.05, 4.69) is 41.3 Å². The number of ketones is 1. The Balaban J connectivity index is 1.61. The average Bonchev–Trinajstić information content (AvgIpc) is 2.68. The van der Waals surface area contributed by atoms with Gasteiger partial charge in [-0.15, -0.1) is 0 Å². The number of hydrogen-bond acceptors (Lipinski definition) is 2. The summed E-state index contributed by atoms with van der Waals surface area (Å²) in [4.78, 5) is 15.5. The normalized spacial score (nSPS) is 18.2. The van der Waals surface area contributed by atoms with E-state index in [9.17, 15) is 4.79 Å². The number of fused-ring (bicyclic) bond motifs is 1. The molecule has 0 spiro atoms. The molecule has 0 amide bonds. The maximum absolute atomic E-state index is 13.1. The highest BCUT2D eigenvalue weighted by molar-refractivity contribution is 6.02. The van der Waals surface area contributed by atoms with E-state index < -0.39 is 0 Å². The molecular formula is C22H25NO. The molecule has 1 aliphatic carbocycles. The van der Waals surface area contributed by atoms with Crippen molar-refractivity contribution in [2.45, 2.75) is 45.1 Å². The first-order chi connectivity index (χ1) is 11.8. The Morgan fingerprint density at radius 1 is 0.875 bits per heavy atom. The molecule has 124 valence electrons. The molecule has 1 heterocycles. The van der Waals surface area contributed by atoms with Crippen molar-refractivity contribution in [3.8, 4) is 0 Å². The number of carbonyl (C=O) groups excluding carboxylic acids is 1. The second kappa shape index (κ2) is 6.80. The fourth-order valence-electron chi connectivity index (χ4n) is 4.24. The zero-order chi connectivity index (χ0) is 16.4. The number of hydrogen-bond donors (Lipinski definition) is 0. The summed E-state index contributed by atoms with van der Waals surface area (Å²) in [6.45, 7) is 1.90. The van der Waals surface area contributed by atoms with E-state index in [1.165, 1.54) is 30.4 Å². The Morgan fingerprint density at radius 3 is 2.42 bits per heavy atom. The van der Waals surface area contributed by atoms with Crippen molar-refractivity contribution in [1.82, 2.24) is 0 Å². The average molecular weight is 319 g/mol. The van der Waals surface area contributed by atoms with Gasteiger partial charge in [0, 0.05) is 30.3 Å². The topological polar surface area (TPSA) is 20.3 Å². The molecule has 0 aromatic heterocycles. The molecule has 0 saturated heterocycles. The van der Waals surface area contributed by atoms with E-state index in [4.69, 9.17) is 0 Å². The predicted molar refractivity (Wildman–Crippen MR) is 98.5 cm³/mol. The molecule has 0 atom stereocenters. The zero-order valence-corrected chi connectivity index (χ0v) is 14.2. The highest BCUT2D eigenvalue weighted by Crippen LogP contribution is 2.32. The van der Waals surface area contributed by atoms with Gasteiger partial charge in [-0.1, -0.05) is 55.7 Å². The number of para-hydroxylation sites is 1. The first kappa shape index (κ1) is 15.4. The molecule has 0 bridgehead atoms. The van der Waals surface area contributed by atoms with E-state index in [-0.39, 0.29) is 5.92 Å². The van der Waals surface area contributed by atoms with Gasteiger partial charge in [0.05, 0.1) is 0 Å². The Hall–Kier alpha value is -2.09. The predicted octanol–water partition coefficient (Wildman–Crippen LogP) is 5.01. The van der Waals surface area contributed by atoms with Crippen molar-refractivity contribution in [3.63, 3.8) is 0 Å². The molecule has 2 heteroatoms. The van der Waals surface area contributed by atoms with Gasteiger partial charge in [-0.05, 0) is 42.5 Å². The molecular weight excluding hydrogens is 294 g/mol. The van der Waals surface area contributed by atoms with E-state index in [1.807, 2.05) is 12.1 Å². The molecule has 0 unspecified atom stereocenters. The molecule has 24 heavy (non-hydrogen) atoms. The molecule has 0 radical (unpaired) electrons. The van der Waals surface area contributed by atoms with Crippen LogP contribution in [0.4, 0.5) is 5.69 Å². The fraction of sp³-hybridized carbons (Fsp3) is 0.409. The quantitative estimate of drug-likeness (QED) is 0.741. The Morgan fingerprint density at radius 2 is 1.58 bits per heavy atom.